The van der Waals surface area contributed by atoms with Crippen molar-refractivity contribution in [2.24, 2.45) is 5.73 Å². The Morgan fingerprint density at radius 1 is 0.971 bits per heavy atom. The number of hydrogen-bond donors (Lipinski definition) is 1. The predicted octanol–water partition coefficient (Wildman–Crippen LogP) is 4.83. The number of hydrogen-bond acceptors (Lipinski definition) is 5. The van der Waals surface area contributed by atoms with Crippen LogP contribution in [0, 0.1) is 0 Å². The maximum absolute atomic E-state index is 12.0. The molecule has 7 heteroatoms. The fourth-order valence-electron chi connectivity index (χ4n) is 4.01. The van der Waals surface area contributed by atoms with Crippen LogP contribution in [0.25, 0.3) is 5.57 Å². The highest BCUT2D eigenvalue weighted by Crippen LogP contribution is 2.41. The molecule has 0 radical (unpaired) electrons. The molecule has 0 spiro atoms. The van der Waals surface area contributed by atoms with E-state index in [2.05, 4.69) is 11.6 Å². The molecule has 2 aromatic carbocycles. The molecule has 1 aliphatic heterocycles. The average molecular weight is 451 g/mol. The molecule has 2 amide bonds. The van der Waals surface area contributed by atoms with Crippen molar-refractivity contribution >= 4 is 17.4 Å². The molecule has 2 N–H and O–H groups in total. The van der Waals surface area contributed by atoms with E-state index in [1.54, 1.807) is 41.3 Å². The van der Waals surface area contributed by atoms with E-state index in [0.29, 0.717) is 23.6 Å². The maximum Gasteiger partial charge on any atom is 0.254 e. The number of pyridine rings is 1. The summed E-state index contributed by atoms with van der Waals surface area (Å²) in [6.45, 7) is 3.55. The smallest absolute Gasteiger partial charge is 0.254 e. The molecular weight excluding hydrogens is 430 g/mol. The largest absolute Gasteiger partial charge is 0.457 e. The van der Waals surface area contributed by atoms with Crippen LogP contribution in [0.3, 0.4) is 0 Å². The van der Waals surface area contributed by atoms with Crippen LogP contribution in [0.5, 0.6) is 23.1 Å². The van der Waals surface area contributed by atoms with Crippen molar-refractivity contribution in [1.82, 2.24) is 9.88 Å². The lowest BCUT2D eigenvalue weighted by molar-refractivity contribution is -0.124. The number of amides is 2. The molecule has 2 aliphatic rings. The van der Waals surface area contributed by atoms with Gasteiger partial charge in [0.15, 0.2) is 0 Å². The summed E-state index contributed by atoms with van der Waals surface area (Å²) in [4.78, 5) is 30.2. The number of fused-ring (bicyclic) bond motifs is 2. The normalized spacial score (nSPS) is 16.0. The van der Waals surface area contributed by atoms with Gasteiger partial charge in [-0.2, -0.15) is 0 Å². The Morgan fingerprint density at radius 2 is 1.65 bits per heavy atom. The average Bonchev–Trinajstić information content (AvgIpc) is 3.47. The van der Waals surface area contributed by atoms with E-state index >= 15 is 0 Å². The minimum Gasteiger partial charge on any atom is -0.457 e. The van der Waals surface area contributed by atoms with Gasteiger partial charge in [0.25, 0.3) is 5.91 Å². The third kappa shape index (κ3) is 4.06. The van der Waals surface area contributed by atoms with Crippen LogP contribution in [0.15, 0.2) is 97.2 Å². The lowest BCUT2D eigenvalue weighted by atomic mass is 10.1. The van der Waals surface area contributed by atoms with Crippen molar-refractivity contribution in [1.29, 1.82) is 0 Å². The zero-order chi connectivity index (χ0) is 23.7. The van der Waals surface area contributed by atoms with Crippen molar-refractivity contribution in [3.63, 3.8) is 0 Å². The van der Waals surface area contributed by atoms with Gasteiger partial charge in [-0.05, 0) is 66.6 Å². The number of aromatic nitrogens is 1. The highest BCUT2D eigenvalue weighted by atomic mass is 16.5. The van der Waals surface area contributed by atoms with E-state index in [0.717, 1.165) is 16.9 Å². The lowest BCUT2D eigenvalue weighted by Gasteiger charge is -2.20. The summed E-state index contributed by atoms with van der Waals surface area (Å²) in [6.07, 6.45) is 5.82. The first kappa shape index (κ1) is 21.2. The van der Waals surface area contributed by atoms with Crippen LogP contribution in [-0.4, -0.2) is 27.7 Å². The maximum atomic E-state index is 12.0. The molecular formula is C27H21N3O4. The quantitative estimate of drug-likeness (QED) is 0.519. The zero-order valence-electron chi connectivity index (χ0n) is 18.2. The number of primary amides is 1. The van der Waals surface area contributed by atoms with Gasteiger partial charge in [-0.3, -0.25) is 9.59 Å². The standard InChI is InChI=1S/C27H21N3O4/c1-2-25(31)30-16-17-14-18(30)15-23(17)24-13-12-22(26(28)32)27(29-24)34-21-10-8-20(9-11-21)33-19-6-4-3-5-7-19/h2-13,15-16,18H,1,14H2,(H2,28,32). The second-order valence-electron chi connectivity index (χ2n) is 7.86. The lowest BCUT2D eigenvalue weighted by Crippen LogP contribution is -2.29. The van der Waals surface area contributed by atoms with Gasteiger partial charge in [0.05, 0.1) is 11.7 Å². The first-order valence-corrected chi connectivity index (χ1v) is 10.7. The Balaban J connectivity index is 1.38. The number of para-hydroxylation sites is 1. The number of nitrogens with zero attached hydrogens (tertiary/aromatic N) is 2. The van der Waals surface area contributed by atoms with Crippen LogP contribution in [-0.2, 0) is 4.79 Å². The van der Waals surface area contributed by atoms with Gasteiger partial charge in [0, 0.05) is 11.8 Å². The molecule has 0 saturated carbocycles. The molecule has 1 aromatic heterocycles. The molecule has 0 fully saturated rings. The number of ether oxygens (including phenoxy) is 2. The van der Waals surface area contributed by atoms with E-state index in [1.165, 1.54) is 6.08 Å². The third-order valence-electron chi connectivity index (χ3n) is 5.63. The van der Waals surface area contributed by atoms with E-state index in [-0.39, 0.29) is 23.4 Å². The molecule has 34 heavy (non-hydrogen) atoms. The summed E-state index contributed by atoms with van der Waals surface area (Å²) < 4.78 is 11.7. The topological polar surface area (TPSA) is 94.8 Å². The van der Waals surface area contributed by atoms with Crippen molar-refractivity contribution in [3.05, 3.63) is 108 Å². The molecule has 1 unspecified atom stereocenters. The molecule has 2 bridgehead atoms. The van der Waals surface area contributed by atoms with Gasteiger partial charge in [-0.1, -0.05) is 30.9 Å². The molecule has 2 heterocycles. The van der Waals surface area contributed by atoms with Crippen molar-refractivity contribution < 1.29 is 19.1 Å². The number of nitrogens with two attached hydrogens (primary N) is 1. The fourth-order valence-corrected chi connectivity index (χ4v) is 4.01. The van der Waals surface area contributed by atoms with Crippen LogP contribution >= 0.6 is 0 Å². The van der Waals surface area contributed by atoms with Crippen molar-refractivity contribution in [3.8, 4) is 23.1 Å². The number of carbonyl (C=O) groups excluding carboxylic acids is 2. The van der Waals surface area contributed by atoms with Crippen LogP contribution < -0.4 is 15.2 Å². The summed E-state index contributed by atoms with van der Waals surface area (Å²) in [6, 6.07) is 19.7. The summed E-state index contributed by atoms with van der Waals surface area (Å²) in [5.74, 6) is 1.19. The third-order valence-corrected chi connectivity index (χ3v) is 5.63. The second kappa shape index (κ2) is 8.71. The number of carbonyl (C=O) groups is 2. The first-order valence-electron chi connectivity index (χ1n) is 10.7. The minimum absolute atomic E-state index is 0.0605. The van der Waals surface area contributed by atoms with Gasteiger partial charge < -0.3 is 20.1 Å². The van der Waals surface area contributed by atoms with Crippen molar-refractivity contribution in [2.75, 3.05) is 0 Å². The first-order chi connectivity index (χ1) is 16.5. The molecule has 3 aromatic rings. The van der Waals surface area contributed by atoms with Crippen LogP contribution in [0.2, 0.25) is 0 Å². The molecule has 1 aliphatic carbocycles. The van der Waals surface area contributed by atoms with Gasteiger partial charge in [0.1, 0.15) is 22.8 Å². The highest BCUT2D eigenvalue weighted by molar-refractivity contribution is 5.96. The van der Waals surface area contributed by atoms with E-state index < -0.39 is 5.91 Å². The van der Waals surface area contributed by atoms with Gasteiger partial charge in [-0.25, -0.2) is 4.98 Å². The summed E-state index contributed by atoms with van der Waals surface area (Å²) in [5, 5.41) is 0. The SMILES string of the molecule is C=CC(=O)N1C=C2CC1C=C2c1ccc(C(N)=O)c(Oc2ccc(Oc3ccccc3)cc2)n1. The zero-order valence-corrected chi connectivity index (χ0v) is 18.2. The molecule has 0 saturated heterocycles. The van der Waals surface area contributed by atoms with Gasteiger partial charge >= 0.3 is 0 Å². The summed E-state index contributed by atoms with van der Waals surface area (Å²) in [7, 11) is 0. The Hall–Kier alpha value is -4.65. The second-order valence-corrected chi connectivity index (χ2v) is 7.86. The number of benzene rings is 2. The monoisotopic (exact) mass is 451 g/mol. The summed E-state index contributed by atoms with van der Waals surface area (Å²) >= 11 is 0. The van der Waals surface area contributed by atoms with Gasteiger partial charge in [-0.15, -0.1) is 0 Å². The summed E-state index contributed by atoms with van der Waals surface area (Å²) in [5.41, 5.74) is 8.27. The molecule has 5 rings (SSSR count). The Labute approximate surface area is 196 Å². The minimum atomic E-state index is -0.637. The van der Waals surface area contributed by atoms with E-state index in [4.69, 9.17) is 15.2 Å². The molecule has 1 atom stereocenters. The van der Waals surface area contributed by atoms with Gasteiger partial charge in [0.2, 0.25) is 11.8 Å². The predicted molar refractivity (Wildman–Crippen MR) is 127 cm³/mol. The number of rotatable bonds is 7. The van der Waals surface area contributed by atoms with E-state index in [1.807, 2.05) is 42.6 Å². The Kier molecular flexibility index (Phi) is 5.43. The fraction of sp³-hybridized carbons (Fsp3) is 0.0741. The van der Waals surface area contributed by atoms with Crippen LogP contribution in [0.1, 0.15) is 22.5 Å². The van der Waals surface area contributed by atoms with E-state index in [9.17, 15) is 9.59 Å². The highest BCUT2D eigenvalue weighted by Gasteiger charge is 2.35. The Morgan fingerprint density at radius 3 is 2.26 bits per heavy atom. The number of allylic oxidation sites excluding steroid dienone is 1. The van der Waals surface area contributed by atoms with Crippen LogP contribution in [0.4, 0.5) is 0 Å². The Bertz CT molecular complexity index is 1340. The molecule has 7 nitrogen and oxygen atoms in total. The van der Waals surface area contributed by atoms with Crippen molar-refractivity contribution in [2.45, 2.75) is 12.5 Å². The molecule has 168 valence electrons.